The van der Waals surface area contributed by atoms with Crippen molar-refractivity contribution in [1.29, 1.82) is 0 Å². The van der Waals surface area contributed by atoms with Crippen molar-refractivity contribution in [3.05, 3.63) is 23.8 Å². The van der Waals surface area contributed by atoms with Crippen LogP contribution in [0.4, 0.5) is 0 Å². The second-order valence-corrected chi connectivity index (χ2v) is 5.76. The number of benzene rings is 1. The minimum Gasteiger partial charge on any atom is -0.490 e. The zero-order valence-electron chi connectivity index (χ0n) is 12.8. The first kappa shape index (κ1) is 14.7. The summed E-state index contributed by atoms with van der Waals surface area (Å²) in [5, 5.41) is 3.56. The Balaban J connectivity index is 1.74. The number of hydrogen-bond donors (Lipinski definition) is 1. The summed E-state index contributed by atoms with van der Waals surface area (Å²) >= 11 is 0. The summed E-state index contributed by atoms with van der Waals surface area (Å²) in [6, 6.07) is 6.87. The lowest BCUT2D eigenvalue weighted by Gasteiger charge is -2.26. The molecule has 1 aliphatic heterocycles. The number of nitrogens with one attached hydrogen (secondary N) is 1. The average Bonchev–Trinajstić information content (AvgIpc) is 3.33. The molecule has 0 spiro atoms. The van der Waals surface area contributed by atoms with Gasteiger partial charge in [0, 0.05) is 31.0 Å². The van der Waals surface area contributed by atoms with Crippen molar-refractivity contribution in [2.75, 3.05) is 19.8 Å². The highest BCUT2D eigenvalue weighted by Gasteiger charge is 2.23. The van der Waals surface area contributed by atoms with Crippen molar-refractivity contribution in [3.63, 3.8) is 0 Å². The monoisotopic (exact) mass is 291 g/mol. The van der Waals surface area contributed by atoms with Gasteiger partial charge in [0.05, 0.1) is 19.8 Å². The van der Waals surface area contributed by atoms with E-state index in [2.05, 4.69) is 11.4 Å². The summed E-state index contributed by atoms with van der Waals surface area (Å²) in [7, 11) is 0. The van der Waals surface area contributed by atoms with Crippen LogP contribution in [0.25, 0.3) is 0 Å². The largest absolute Gasteiger partial charge is 0.490 e. The molecule has 1 aromatic carbocycles. The highest BCUT2D eigenvalue weighted by molar-refractivity contribution is 5.47. The van der Waals surface area contributed by atoms with Gasteiger partial charge in [-0.2, -0.15) is 0 Å². The Kier molecular flexibility index (Phi) is 4.99. The van der Waals surface area contributed by atoms with E-state index in [9.17, 15) is 0 Å². The van der Waals surface area contributed by atoms with Crippen LogP contribution in [-0.2, 0) is 11.3 Å². The van der Waals surface area contributed by atoms with Gasteiger partial charge in [-0.15, -0.1) is 0 Å². The van der Waals surface area contributed by atoms with Crippen LogP contribution in [0, 0.1) is 0 Å². The van der Waals surface area contributed by atoms with E-state index < -0.39 is 0 Å². The van der Waals surface area contributed by atoms with Crippen molar-refractivity contribution < 1.29 is 14.2 Å². The Hall–Kier alpha value is -1.26. The molecule has 0 aromatic heterocycles. The fraction of sp³-hybridized carbons (Fsp3) is 0.647. The van der Waals surface area contributed by atoms with E-state index in [1.807, 2.05) is 19.1 Å². The minimum atomic E-state index is 0.236. The third-order valence-electron chi connectivity index (χ3n) is 3.97. The molecule has 116 valence electrons. The van der Waals surface area contributed by atoms with Crippen LogP contribution >= 0.6 is 0 Å². The van der Waals surface area contributed by atoms with Crippen molar-refractivity contribution in [2.24, 2.45) is 0 Å². The first-order valence-corrected chi connectivity index (χ1v) is 8.09. The fourth-order valence-electron chi connectivity index (χ4n) is 2.61. The smallest absolute Gasteiger partial charge is 0.166 e. The van der Waals surface area contributed by atoms with Crippen LogP contribution in [0.2, 0.25) is 0 Å². The van der Waals surface area contributed by atoms with Gasteiger partial charge >= 0.3 is 0 Å². The molecule has 0 radical (unpaired) electrons. The van der Waals surface area contributed by atoms with Gasteiger partial charge < -0.3 is 19.5 Å². The van der Waals surface area contributed by atoms with Gasteiger partial charge in [-0.3, -0.25) is 0 Å². The third kappa shape index (κ3) is 4.11. The Morgan fingerprint density at radius 2 is 2.00 bits per heavy atom. The Labute approximate surface area is 126 Å². The maximum absolute atomic E-state index is 6.28. The molecule has 0 unspecified atom stereocenters. The van der Waals surface area contributed by atoms with Crippen LogP contribution < -0.4 is 14.8 Å². The topological polar surface area (TPSA) is 39.7 Å². The standard InChI is InChI=1S/C17H25NO3/c1-2-20-16-5-3-4-13(12-18-14-6-7-14)17(16)21-15-8-10-19-11-9-15/h3-5,14-15,18H,2,6-12H2,1H3. The Bertz CT molecular complexity index is 453. The number of ether oxygens (including phenoxy) is 3. The number of rotatable bonds is 7. The van der Waals surface area contributed by atoms with E-state index >= 15 is 0 Å². The number of para-hydroxylation sites is 1. The highest BCUT2D eigenvalue weighted by Crippen LogP contribution is 2.34. The molecule has 1 N–H and O–H groups in total. The molecule has 0 amide bonds. The van der Waals surface area contributed by atoms with E-state index in [-0.39, 0.29) is 6.10 Å². The van der Waals surface area contributed by atoms with Crippen molar-refractivity contribution in [3.8, 4) is 11.5 Å². The van der Waals surface area contributed by atoms with Crippen molar-refractivity contribution >= 4 is 0 Å². The molecule has 4 heteroatoms. The first-order chi connectivity index (χ1) is 10.4. The molecule has 1 aliphatic carbocycles. The predicted molar refractivity (Wildman–Crippen MR) is 81.9 cm³/mol. The maximum Gasteiger partial charge on any atom is 0.166 e. The van der Waals surface area contributed by atoms with Gasteiger partial charge in [-0.05, 0) is 25.8 Å². The van der Waals surface area contributed by atoms with E-state index in [4.69, 9.17) is 14.2 Å². The molecule has 1 aromatic rings. The van der Waals surface area contributed by atoms with E-state index in [1.54, 1.807) is 0 Å². The van der Waals surface area contributed by atoms with Gasteiger partial charge in [0.1, 0.15) is 6.10 Å². The molecule has 3 rings (SSSR count). The summed E-state index contributed by atoms with van der Waals surface area (Å²) in [6.45, 7) is 5.09. The zero-order chi connectivity index (χ0) is 14.5. The summed E-state index contributed by atoms with van der Waals surface area (Å²) in [5.74, 6) is 1.78. The lowest BCUT2D eigenvalue weighted by atomic mass is 10.1. The second-order valence-electron chi connectivity index (χ2n) is 5.76. The van der Waals surface area contributed by atoms with Gasteiger partial charge in [-0.1, -0.05) is 12.1 Å². The van der Waals surface area contributed by atoms with Crippen LogP contribution in [0.5, 0.6) is 11.5 Å². The molecule has 1 saturated heterocycles. The maximum atomic E-state index is 6.28. The molecule has 1 saturated carbocycles. The quantitative estimate of drug-likeness (QED) is 0.838. The lowest BCUT2D eigenvalue weighted by Crippen LogP contribution is -2.27. The summed E-state index contributed by atoms with van der Waals surface area (Å²) in [4.78, 5) is 0. The van der Waals surface area contributed by atoms with Crippen molar-refractivity contribution in [1.82, 2.24) is 5.32 Å². The molecule has 4 nitrogen and oxygen atoms in total. The van der Waals surface area contributed by atoms with Gasteiger partial charge in [0.2, 0.25) is 0 Å². The Morgan fingerprint density at radius 1 is 1.19 bits per heavy atom. The normalized spacial score (nSPS) is 19.5. The van der Waals surface area contributed by atoms with Gasteiger partial charge in [0.15, 0.2) is 11.5 Å². The predicted octanol–water partition coefficient (Wildman–Crippen LogP) is 2.90. The van der Waals surface area contributed by atoms with Crippen LogP contribution in [0.1, 0.15) is 38.2 Å². The minimum absolute atomic E-state index is 0.236. The van der Waals surface area contributed by atoms with Crippen molar-refractivity contribution in [2.45, 2.75) is 51.3 Å². The van der Waals surface area contributed by atoms with E-state index in [0.717, 1.165) is 44.1 Å². The molecule has 1 heterocycles. The van der Waals surface area contributed by atoms with Crippen LogP contribution in [0.15, 0.2) is 18.2 Å². The zero-order valence-corrected chi connectivity index (χ0v) is 12.8. The van der Waals surface area contributed by atoms with Gasteiger partial charge in [0.25, 0.3) is 0 Å². The van der Waals surface area contributed by atoms with Crippen LogP contribution in [0.3, 0.4) is 0 Å². The SMILES string of the molecule is CCOc1cccc(CNC2CC2)c1OC1CCOCC1. The summed E-state index contributed by atoms with van der Waals surface area (Å²) in [5.41, 5.74) is 1.19. The molecule has 0 atom stereocenters. The van der Waals surface area contributed by atoms with Crippen LogP contribution in [-0.4, -0.2) is 32.0 Å². The molecular formula is C17H25NO3. The third-order valence-corrected chi connectivity index (χ3v) is 3.97. The molecule has 0 bridgehead atoms. The molecule has 2 aliphatic rings. The fourth-order valence-corrected chi connectivity index (χ4v) is 2.61. The number of hydrogen-bond acceptors (Lipinski definition) is 4. The molecular weight excluding hydrogens is 266 g/mol. The molecule has 21 heavy (non-hydrogen) atoms. The molecule has 2 fully saturated rings. The van der Waals surface area contributed by atoms with E-state index in [1.165, 1.54) is 18.4 Å². The average molecular weight is 291 g/mol. The second kappa shape index (κ2) is 7.14. The van der Waals surface area contributed by atoms with Gasteiger partial charge in [-0.25, -0.2) is 0 Å². The first-order valence-electron chi connectivity index (χ1n) is 8.09. The lowest BCUT2D eigenvalue weighted by molar-refractivity contribution is 0.0239. The highest BCUT2D eigenvalue weighted by atomic mass is 16.5. The van der Waals surface area contributed by atoms with E-state index in [0.29, 0.717) is 12.6 Å². The summed E-state index contributed by atoms with van der Waals surface area (Å²) < 4.78 is 17.4. The Morgan fingerprint density at radius 3 is 2.71 bits per heavy atom. The summed E-state index contributed by atoms with van der Waals surface area (Å²) in [6.07, 6.45) is 4.73.